The second-order valence-corrected chi connectivity index (χ2v) is 4.44. The molecule has 1 aromatic carbocycles. The average molecular weight is 248 g/mol. The van der Waals surface area contributed by atoms with Crippen LogP contribution in [0, 0.1) is 0 Å². The highest BCUT2D eigenvalue weighted by molar-refractivity contribution is 6.36. The third kappa shape index (κ3) is 3.08. The summed E-state index contributed by atoms with van der Waals surface area (Å²) in [7, 11) is 3.89. The number of aliphatic hydroxyl groups excluding tert-OH is 1. The number of hydrogen-bond donors (Lipinski definition) is 1. The van der Waals surface area contributed by atoms with Crippen molar-refractivity contribution in [1.29, 1.82) is 0 Å². The van der Waals surface area contributed by atoms with Crippen LogP contribution in [0.25, 0.3) is 0 Å². The molecule has 0 fully saturated rings. The Morgan fingerprint density at radius 1 is 1.27 bits per heavy atom. The first kappa shape index (κ1) is 12.8. The van der Waals surface area contributed by atoms with E-state index in [-0.39, 0.29) is 12.6 Å². The Kier molecular flexibility index (Phi) is 4.87. The van der Waals surface area contributed by atoms with E-state index in [1.807, 2.05) is 37.2 Å². The molecule has 4 heteroatoms. The van der Waals surface area contributed by atoms with Crippen molar-refractivity contribution in [3.63, 3.8) is 0 Å². The van der Waals surface area contributed by atoms with Gasteiger partial charge in [0.05, 0.1) is 0 Å². The van der Waals surface area contributed by atoms with Crippen molar-refractivity contribution in [2.24, 2.45) is 0 Å². The molecule has 0 saturated heterocycles. The van der Waals surface area contributed by atoms with Gasteiger partial charge in [0.2, 0.25) is 0 Å². The summed E-state index contributed by atoms with van der Waals surface area (Å²) in [6.45, 7) is 0.115. The lowest BCUT2D eigenvalue weighted by atomic mass is 10.0. The number of halogens is 2. The minimum atomic E-state index is 0.0520. The fourth-order valence-corrected chi connectivity index (χ4v) is 2.26. The SMILES string of the molecule is CN(C)C(CCO)c1c(Cl)cccc1Cl. The zero-order chi connectivity index (χ0) is 11.4. The molecular formula is C11H15Cl2NO. The Hall–Kier alpha value is -0.280. The third-order valence-electron chi connectivity index (χ3n) is 2.36. The summed E-state index contributed by atoms with van der Waals surface area (Å²) < 4.78 is 0. The first-order chi connectivity index (χ1) is 7.07. The monoisotopic (exact) mass is 247 g/mol. The largest absolute Gasteiger partial charge is 0.396 e. The van der Waals surface area contributed by atoms with Crippen LogP contribution in [-0.4, -0.2) is 30.7 Å². The first-order valence-corrected chi connectivity index (χ1v) is 5.54. The molecule has 1 aromatic rings. The minimum Gasteiger partial charge on any atom is -0.396 e. The fourth-order valence-electron chi connectivity index (χ4n) is 1.61. The maximum Gasteiger partial charge on any atom is 0.0468 e. The molecule has 15 heavy (non-hydrogen) atoms. The van der Waals surface area contributed by atoms with Gasteiger partial charge in [0.15, 0.2) is 0 Å². The van der Waals surface area contributed by atoms with Crippen LogP contribution >= 0.6 is 23.2 Å². The van der Waals surface area contributed by atoms with E-state index in [9.17, 15) is 0 Å². The molecule has 0 spiro atoms. The number of rotatable bonds is 4. The Labute approximate surface area is 100 Å². The van der Waals surface area contributed by atoms with Crippen LogP contribution in [0.15, 0.2) is 18.2 Å². The summed E-state index contributed by atoms with van der Waals surface area (Å²) in [4.78, 5) is 2.00. The maximum atomic E-state index is 9.02. The highest BCUT2D eigenvalue weighted by Crippen LogP contribution is 2.34. The zero-order valence-corrected chi connectivity index (χ0v) is 10.4. The lowest BCUT2D eigenvalue weighted by molar-refractivity contribution is 0.211. The van der Waals surface area contributed by atoms with Crippen LogP contribution in [0.5, 0.6) is 0 Å². The second-order valence-electron chi connectivity index (χ2n) is 3.63. The van der Waals surface area contributed by atoms with E-state index in [1.165, 1.54) is 0 Å². The van der Waals surface area contributed by atoms with E-state index in [0.717, 1.165) is 5.56 Å². The molecule has 0 aliphatic heterocycles. The van der Waals surface area contributed by atoms with E-state index >= 15 is 0 Å². The van der Waals surface area contributed by atoms with Gasteiger partial charge in [0, 0.05) is 28.3 Å². The summed E-state index contributed by atoms with van der Waals surface area (Å²) in [5, 5.41) is 10.3. The molecule has 2 nitrogen and oxygen atoms in total. The van der Waals surface area contributed by atoms with Gasteiger partial charge in [0.1, 0.15) is 0 Å². The van der Waals surface area contributed by atoms with Crippen molar-refractivity contribution in [1.82, 2.24) is 4.90 Å². The van der Waals surface area contributed by atoms with E-state index in [1.54, 1.807) is 0 Å². The van der Waals surface area contributed by atoms with Crippen LogP contribution in [0.2, 0.25) is 10.0 Å². The lowest BCUT2D eigenvalue weighted by Gasteiger charge is -2.25. The van der Waals surface area contributed by atoms with Gasteiger partial charge >= 0.3 is 0 Å². The summed E-state index contributed by atoms with van der Waals surface area (Å²) in [5.74, 6) is 0. The van der Waals surface area contributed by atoms with Gasteiger partial charge in [-0.3, -0.25) is 0 Å². The molecule has 0 bridgehead atoms. The standard InChI is InChI=1S/C11H15Cl2NO/c1-14(2)10(6-7-15)11-8(12)4-3-5-9(11)13/h3-5,10,15H,6-7H2,1-2H3. The maximum absolute atomic E-state index is 9.02. The quantitative estimate of drug-likeness (QED) is 0.885. The van der Waals surface area contributed by atoms with E-state index in [2.05, 4.69) is 0 Å². The Bertz CT molecular complexity index is 308. The van der Waals surface area contributed by atoms with Crippen molar-refractivity contribution in [3.8, 4) is 0 Å². The average Bonchev–Trinajstić information content (AvgIpc) is 2.15. The second kappa shape index (κ2) is 5.71. The smallest absolute Gasteiger partial charge is 0.0468 e. The highest BCUT2D eigenvalue weighted by Gasteiger charge is 2.19. The summed E-state index contributed by atoms with van der Waals surface area (Å²) in [6.07, 6.45) is 0.621. The lowest BCUT2D eigenvalue weighted by Crippen LogP contribution is -2.21. The first-order valence-electron chi connectivity index (χ1n) is 4.79. The topological polar surface area (TPSA) is 23.5 Å². The molecule has 84 valence electrons. The zero-order valence-electron chi connectivity index (χ0n) is 8.87. The van der Waals surface area contributed by atoms with Gasteiger partial charge in [-0.15, -0.1) is 0 Å². The summed E-state index contributed by atoms with van der Waals surface area (Å²) >= 11 is 12.2. The molecule has 1 unspecified atom stereocenters. The van der Waals surface area contributed by atoms with Crippen LogP contribution in [0.4, 0.5) is 0 Å². The molecule has 1 N–H and O–H groups in total. The molecule has 0 saturated carbocycles. The van der Waals surface area contributed by atoms with Crippen LogP contribution in [0.3, 0.4) is 0 Å². The fraction of sp³-hybridized carbons (Fsp3) is 0.455. The Morgan fingerprint density at radius 2 is 1.80 bits per heavy atom. The van der Waals surface area contributed by atoms with Gasteiger partial charge in [-0.25, -0.2) is 0 Å². The number of hydrogen-bond acceptors (Lipinski definition) is 2. The van der Waals surface area contributed by atoms with Gasteiger partial charge in [-0.05, 0) is 32.6 Å². The van der Waals surface area contributed by atoms with E-state index in [4.69, 9.17) is 28.3 Å². The molecule has 0 radical (unpaired) electrons. The van der Waals surface area contributed by atoms with Crippen molar-refractivity contribution in [2.45, 2.75) is 12.5 Å². The van der Waals surface area contributed by atoms with Gasteiger partial charge in [-0.1, -0.05) is 29.3 Å². The number of benzene rings is 1. The summed E-state index contributed by atoms with van der Waals surface area (Å²) in [5.41, 5.74) is 0.889. The molecule has 0 heterocycles. The predicted octanol–water partition coefficient (Wildman–Crippen LogP) is 2.98. The molecule has 0 amide bonds. The highest BCUT2D eigenvalue weighted by atomic mass is 35.5. The van der Waals surface area contributed by atoms with Crippen molar-refractivity contribution >= 4 is 23.2 Å². The van der Waals surface area contributed by atoms with E-state index in [0.29, 0.717) is 16.5 Å². The predicted molar refractivity (Wildman–Crippen MR) is 64.6 cm³/mol. The minimum absolute atomic E-state index is 0.0520. The van der Waals surface area contributed by atoms with Gasteiger partial charge < -0.3 is 10.0 Å². The molecule has 1 rings (SSSR count). The number of aliphatic hydroxyl groups is 1. The third-order valence-corrected chi connectivity index (χ3v) is 3.02. The molecular weight excluding hydrogens is 233 g/mol. The normalized spacial score (nSPS) is 13.2. The van der Waals surface area contributed by atoms with Crippen LogP contribution in [0.1, 0.15) is 18.0 Å². The van der Waals surface area contributed by atoms with E-state index < -0.39 is 0 Å². The summed E-state index contributed by atoms with van der Waals surface area (Å²) in [6, 6.07) is 5.50. The van der Waals surface area contributed by atoms with Crippen molar-refractivity contribution < 1.29 is 5.11 Å². The molecule has 1 atom stereocenters. The van der Waals surface area contributed by atoms with Crippen LogP contribution in [-0.2, 0) is 0 Å². The molecule has 0 aliphatic carbocycles. The molecule has 0 aromatic heterocycles. The Balaban J connectivity index is 3.10. The van der Waals surface area contributed by atoms with Gasteiger partial charge in [-0.2, -0.15) is 0 Å². The van der Waals surface area contributed by atoms with Crippen molar-refractivity contribution in [2.75, 3.05) is 20.7 Å². The van der Waals surface area contributed by atoms with Crippen LogP contribution < -0.4 is 0 Å². The number of nitrogens with zero attached hydrogens (tertiary/aromatic N) is 1. The molecule has 0 aliphatic rings. The van der Waals surface area contributed by atoms with Gasteiger partial charge in [0.25, 0.3) is 0 Å². The Morgan fingerprint density at radius 3 is 2.20 bits per heavy atom. The van der Waals surface area contributed by atoms with Crippen molar-refractivity contribution in [3.05, 3.63) is 33.8 Å².